The second kappa shape index (κ2) is 11.9. The van der Waals surface area contributed by atoms with E-state index in [1.54, 1.807) is 4.57 Å². The van der Waals surface area contributed by atoms with E-state index in [0.29, 0.717) is 16.9 Å². The van der Waals surface area contributed by atoms with Crippen LogP contribution in [0.5, 0.6) is 5.75 Å². The van der Waals surface area contributed by atoms with Crippen molar-refractivity contribution in [3.63, 3.8) is 0 Å². The zero-order valence-electron chi connectivity index (χ0n) is 21.4. The molecule has 0 bridgehead atoms. The van der Waals surface area contributed by atoms with Gasteiger partial charge in [0.15, 0.2) is 17.6 Å². The number of rotatable bonds is 10. The maximum atomic E-state index is 12.5. The summed E-state index contributed by atoms with van der Waals surface area (Å²) in [4.78, 5) is 24.9. The summed E-state index contributed by atoms with van der Waals surface area (Å²) in [6.45, 7) is 6.30. The number of hydrogen-bond acceptors (Lipinski definition) is 6. The van der Waals surface area contributed by atoms with Gasteiger partial charge in [0.2, 0.25) is 5.91 Å². The van der Waals surface area contributed by atoms with Gasteiger partial charge in [0.25, 0.3) is 5.91 Å². The van der Waals surface area contributed by atoms with Crippen LogP contribution in [0.4, 0.5) is 5.69 Å². The van der Waals surface area contributed by atoms with Crippen molar-refractivity contribution in [2.75, 3.05) is 17.7 Å². The number of thioether (sulfide) groups is 1. The number of ether oxygens (including phenoxy) is 1. The van der Waals surface area contributed by atoms with E-state index in [9.17, 15) is 9.59 Å². The molecule has 1 heterocycles. The molecule has 0 spiro atoms. The largest absolute Gasteiger partial charge is 0.483 e. The van der Waals surface area contributed by atoms with Crippen LogP contribution in [0.25, 0.3) is 10.8 Å². The number of fused-ring (bicyclic) bond motifs is 1. The topological polar surface area (TPSA) is 98.1 Å². The number of carbonyl (C=O) groups is 2. The van der Waals surface area contributed by atoms with Crippen LogP contribution >= 0.6 is 11.8 Å². The van der Waals surface area contributed by atoms with Gasteiger partial charge >= 0.3 is 0 Å². The van der Waals surface area contributed by atoms with E-state index in [1.165, 1.54) is 11.8 Å². The molecule has 0 fully saturated rings. The third-order valence-corrected chi connectivity index (χ3v) is 6.90. The normalized spacial score (nSPS) is 11.1. The zero-order valence-corrected chi connectivity index (χ0v) is 22.3. The molecule has 0 radical (unpaired) electrons. The maximum Gasteiger partial charge on any atom is 0.258 e. The molecule has 0 saturated heterocycles. The molecule has 0 aliphatic rings. The highest BCUT2D eigenvalue weighted by molar-refractivity contribution is 7.99. The Balaban J connectivity index is 1.25. The molecule has 0 atom stereocenters. The zero-order chi connectivity index (χ0) is 26.4. The summed E-state index contributed by atoms with van der Waals surface area (Å²) in [7, 11) is 1.81. The van der Waals surface area contributed by atoms with E-state index in [-0.39, 0.29) is 30.7 Å². The van der Waals surface area contributed by atoms with Crippen molar-refractivity contribution < 1.29 is 14.3 Å². The first-order valence-electron chi connectivity index (χ1n) is 12.1. The first kappa shape index (κ1) is 26.2. The van der Waals surface area contributed by atoms with Gasteiger partial charge in [-0.05, 0) is 52.9 Å². The quantitative estimate of drug-likeness (QED) is 0.293. The van der Waals surface area contributed by atoms with Crippen LogP contribution in [0, 0.1) is 6.92 Å². The second-order valence-electron chi connectivity index (χ2n) is 9.12. The first-order valence-corrected chi connectivity index (χ1v) is 13.1. The first-order chi connectivity index (χ1) is 17.8. The number of amides is 2. The average molecular weight is 518 g/mol. The van der Waals surface area contributed by atoms with Gasteiger partial charge in [0, 0.05) is 12.7 Å². The molecule has 2 amide bonds. The molecular formula is C28H31N5O3S. The Hall–Kier alpha value is -3.85. The predicted octanol–water partition coefficient (Wildman–Crippen LogP) is 4.83. The molecular weight excluding hydrogens is 486 g/mol. The molecule has 1 aromatic heterocycles. The van der Waals surface area contributed by atoms with Crippen LogP contribution in [-0.2, 0) is 23.2 Å². The summed E-state index contributed by atoms with van der Waals surface area (Å²) in [5.74, 6) is 1.42. The molecule has 0 aliphatic carbocycles. The highest BCUT2D eigenvalue weighted by Gasteiger charge is 2.14. The van der Waals surface area contributed by atoms with E-state index >= 15 is 0 Å². The molecule has 37 heavy (non-hydrogen) atoms. The lowest BCUT2D eigenvalue weighted by atomic mass is 10.0. The average Bonchev–Trinajstić information content (AvgIpc) is 3.23. The third-order valence-electron chi connectivity index (χ3n) is 5.88. The summed E-state index contributed by atoms with van der Waals surface area (Å²) in [5.41, 5.74) is 2.90. The lowest BCUT2D eigenvalue weighted by Gasteiger charge is -2.14. The summed E-state index contributed by atoms with van der Waals surface area (Å²) < 4.78 is 7.57. The number of aryl methyl sites for hydroxylation is 1. The van der Waals surface area contributed by atoms with Gasteiger partial charge in [-0.2, -0.15) is 0 Å². The van der Waals surface area contributed by atoms with Crippen molar-refractivity contribution in [1.29, 1.82) is 0 Å². The summed E-state index contributed by atoms with van der Waals surface area (Å²) in [6, 6.07) is 19.8. The number of aromatic nitrogens is 3. The number of hydrogen-bond donors (Lipinski definition) is 2. The molecule has 0 unspecified atom stereocenters. The molecule has 3 aromatic carbocycles. The maximum absolute atomic E-state index is 12.5. The Labute approximate surface area is 220 Å². The van der Waals surface area contributed by atoms with Crippen LogP contribution in [0.2, 0.25) is 0 Å². The Kier molecular flexibility index (Phi) is 8.45. The lowest BCUT2D eigenvalue weighted by molar-refractivity contribution is -0.123. The number of carbonyl (C=O) groups excluding carboxylic acids is 2. The van der Waals surface area contributed by atoms with Crippen molar-refractivity contribution in [2.24, 2.45) is 7.05 Å². The standard InChI is InChI=1S/C28H31N5O3S/c1-18(2)23-12-9-19(3)13-24(23)36-16-26(34)29-15-25-31-32-28(33(25)4)37-17-27(35)30-22-11-10-20-7-5-6-8-21(20)14-22/h5-14,18H,15-17H2,1-4H3,(H,29,34)(H,30,35). The fraction of sp³-hybridized carbons (Fsp3) is 0.286. The Morgan fingerprint density at radius 1 is 1.00 bits per heavy atom. The van der Waals surface area contributed by atoms with E-state index in [4.69, 9.17) is 4.74 Å². The monoisotopic (exact) mass is 517 g/mol. The number of nitrogens with one attached hydrogen (secondary N) is 2. The van der Waals surface area contributed by atoms with Gasteiger partial charge in [0.1, 0.15) is 5.75 Å². The third kappa shape index (κ3) is 6.89. The fourth-order valence-electron chi connectivity index (χ4n) is 3.83. The number of nitrogens with zero attached hydrogens (tertiary/aromatic N) is 3. The molecule has 4 rings (SSSR count). The molecule has 0 aliphatic heterocycles. The Morgan fingerprint density at radius 3 is 2.57 bits per heavy atom. The van der Waals surface area contributed by atoms with Gasteiger partial charge in [-0.25, -0.2) is 0 Å². The number of benzene rings is 3. The fourth-order valence-corrected chi connectivity index (χ4v) is 4.56. The highest BCUT2D eigenvalue weighted by Crippen LogP contribution is 2.27. The van der Waals surface area contributed by atoms with Gasteiger partial charge in [0.05, 0.1) is 12.3 Å². The van der Waals surface area contributed by atoms with Gasteiger partial charge in [-0.3, -0.25) is 9.59 Å². The summed E-state index contributed by atoms with van der Waals surface area (Å²) in [6.07, 6.45) is 0. The van der Waals surface area contributed by atoms with Crippen LogP contribution in [0.1, 0.15) is 36.7 Å². The van der Waals surface area contributed by atoms with E-state index in [2.05, 4.69) is 34.7 Å². The number of anilines is 1. The minimum Gasteiger partial charge on any atom is -0.483 e. The SMILES string of the molecule is Cc1ccc(C(C)C)c(OCC(=O)NCc2nnc(SCC(=O)Nc3ccc4ccccc4c3)n2C)c1. The molecule has 9 heteroatoms. The van der Waals surface area contributed by atoms with E-state index < -0.39 is 0 Å². The Bertz CT molecular complexity index is 1420. The van der Waals surface area contributed by atoms with Crippen molar-refractivity contribution in [1.82, 2.24) is 20.1 Å². The molecule has 0 saturated carbocycles. The minimum atomic E-state index is -0.247. The summed E-state index contributed by atoms with van der Waals surface area (Å²) >= 11 is 1.29. The van der Waals surface area contributed by atoms with Gasteiger partial charge < -0.3 is 19.9 Å². The van der Waals surface area contributed by atoms with Crippen molar-refractivity contribution >= 4 is 40.0 Å². The van der Waals surface area contributed by atoms with Crippen molar-refractivity contribution in [2.45, 2.75) is 38.4 Å². The predicted molar refractivity (Wildman–Crippen MR) is 147 cm³/mol. The molecule has 8 nitrogen and oxygen atoms in total. The van der Waals surface area contributed by atoms with Gasteiger partial charge in [-0.1, -0.05) is 68.1 Å². The molecule has 2 N–H and O–H groups in total. The van der Waals surface area contributed by atoms with E-state index in [1.807, 2.05) is 74.6 Å². The highest BCUT2D eigenvalue weighted by atomic mass is 32.2. The lowest BCUT2D eigenvalue weighted by Crippen LogP contribution is -2.29. The van der Waals surface area contributed by atoms with Crippen LogP contribution in [0.3, 0.4) is 0 Å². The Morgan fingerprint density at radius 2 is 1.78 bits per heavy atom. The van der Waals surface area contributed by atoms with Crippen molar-refractivity contribution in [3.05, 3.63) is 77.6 Å². The smallest absolute Gasteiger partial charge is 0.258 e. The van der Waals surface area contributed by atoms with E-state index in [0.717, 1.165) is 33.3 Å². The van der Waals surface area contributed by atoms with Gasteiger partial charge in [-0.15, -0.1) is 10.2 Å². The second-order valence-corrected chi connectivity index (χ2v) is 10.1. The van der Waals surface area contributed by atoms with Crippen LogP contribution in [0.15, 0.2) is 65.8 Å². The molecule has 4 aromatic rings. The van der Waals surface area contributed by atoms with Crippen LogP contribution < -0.4 is 15.4 Å². The van der Waals surface area contributed by atoms with Crippen molar-refractivity contribution in [3.8, 4) is 5.75 Å². The summed E-state index contributed by atoms with van der Waals surface area (Å²) in [5, 5.41) is 16.8. The molecule has 192 valence electrons. The van der Waals surface area contributed by atoms with Crippen LogP contribution in [-0.4, -0.2) is 38.9 Å². The minimum absolute atomic E-state index is 0.0857.